The lowest BCUT2D eigenvalue weighted by molar-refractivity contribution is -0.285. The highest BCUT2D eigenvalue weighted by atomic mass is 32.2. The quantitative estimate of drug-likeness (QED) is 0.0377. The summed E-state index contributed by atoms with van der Waals surface area (Å²) in [5, 5.41) is 19.6. The van der Waals surface area contributed by atoms with E-state index in [1.54, 1.807) is 47.0 Å². The lowest BCUT2D eigenvalue weighted by Crippen LogP contribution is -2.10. The molecule has 0 aromatic carbocycles. The fraction of sp³-hybridized carbons (Fsp3) is 0.895. The Hall–Kier alpha value is 1.50. The van der Waals surface area contributed by atoms with E-state index in [0.29, 0.717) is 43.9 Å². The first kappa shape index (κ1) is 38.5. The highest BCUT2D eigenvalue weighted by Gasteiger charge is 2.04. The molecule has 2 N–H and O–H groups in total. The number of ether oxygens (including phenoxy) is 2. The van der Waals surface area contributed by atoms with E-state index in [1.807, 2.05) is 0 Å². The highest BCUT2D eigenvalue weighted by Crippen LogP contribution is 2.15. The maximum atomic E-state index is 11.7. The molecule has 0 bridgehead atoms. The fourth-order valence-corrected chi connectivity index (χ4v) is 7.39. The summed E-state index contributed by atoms with van der Waals surface area (Å²) in [6.45, 7) is 1.87. The van der Waals surface area contributed by atoms with Crippen LogP contribution in [0, 0.1) is 0 Å². The molecular weight excluding hydrogens is 645 g/mol. The van der Waals surface area contributed by atoms with Gasteiger partial charge < -0.3 is 19.7 Å². The molecule has 0 amide bonds. The van der Waals surface area contributed by atoms with Crippen molar-refractivity contribution in [2.45, 2.75) is 0 Å². The molecule has 0 saturated heterocycles. The fourth-order valence-electron chi connectivity index (χ4n) is 1.67. The van der Waals surface area contributed by atoms with Crippen LogP contribution in [-0.2, 0) is 38.6 Å². The highest BCUT2D eigenvalue weighted by molar-refractivity contribution is 8.16. The maximum Gasteiger partial charge on any atom is 0.316 e. The van der Waals surface area contributed by atoms with E-state index < -0.39 is 0 Å². The van der Waals surface area contributed by atoms with Gasteiger partial charge >= 0.3 is 11.9 Å². The van der Waals surface area contributed by atoms with Crippen LogP contribution in [0.3, 0.4) is 0 Å². The van der Waals surface area contributed by atoms with Gasteiger partial charge in [-0.05, 0) is 0 Å². The van der Waals surface area contributed by atoms with Crippen molar-refractivity contribution >= 4 is 106 Å². The molecule has 18 heteroatoms. The molecular formula is C19H36O10S8. The first-order valence-electron chi connectivity index (χ1n) is 10.8. The van der Waals surface area contributed by atoms with Crippen molar-refractivity contribution in [3.05, 3.63) is 0 Å². The zero-order chi connectivity index (χ0) is 27.1. The number of carbonyl (C=O) groups is 2. The van der Waals surface area contributed by atoms with E-state index in [-0.39, 0.29) is 29.8 Å². The van der Waals surface area contributed by atoms with Gasteiger partial charge in [0, 0.05) is 38.3 Å². The van der Waals surface area contributed by atoms with Crippen molar-refractivity contribution in [3.8, 4) is 0 Å². The van der Waals surface area contributed by atoms with Crippen molar-refractivity contribution in [2.24, 2.45) is 0 Å². The number of hydrogen-bond acceptors (Lipinski definition) is 18. The molecule has 220 valence electrons. The second-order valence-corrected chi connectivity index (χ2v) is 15.2. The van der Waals surface area contributed by atoms with Gasteiger partial charge in [-0.2, -0.15) is 0 Å². The minimum atomic E-state index is -0.274. The molecule has 0 saturated carbocycles. The third kappa shape index (κ3) is 33.6. The summed E-state index contributed by atoms with van der Waals surface area (Å²) in [6, 6.07) is 0. The van der Waals surface area contributed by atoms with Gasteiger partial charge in [0.05, 0.1) is 43.2 Å². The minimum absolute atomic E-state index is 0.00785. The molecule has 0 rings (SSSR count). The Kier molecular flexibility index (Phi) is 35.1. The largest absolute Gasteiger partial charge is 0.464 e. The monoisotopic (exact) mass is 680 g/mol. The predicted octanol–water partition coefficient (Wildman–Crippen LogP) is 3.52. The summed E-state index contributed by atoms with van der Waals surface area (Å²) < 4.78 is 10.1. The average molecular weight is 681 g/mol. The van der Waals surface area contributed by atoms with Gasteiger partial charge in [0.25, 0.3) is 0 Å². The van der Waals surface area contributed by atoms with Crippen LogP contribution in [-0.4, -0.2) is 122 Å². The van der Waals surface area contributed by atoms with Gasteiger partial charge in [-0.25, -0.2) is 19.6 Å². The van der Waals surface area contributed by atoms with Crippen molar-refractivity contribution in [1.29, 1.82) is 0 Å². The molecule has 0 spiro atoms. The van der Waals surface area contributed by atoms with Crippen LogP contribution >= 0.6 is 94.1 Å². The molecule has 0 heterocycles. The molecule has 10 nitrogen and oxygen atoms in total. The van der Waals surface area contributed by atoms with E-state index >= 15 is 0 Å². The number of aliphatic hydroxyl groups excluding tert-OH is 2. The van der Waals surface area contributed by atoms with Gasteiger partial charge in [0.2, 0.25) is 0 Å². The van der Waals surface area contributed by atoms with Crippen LogP contribution in [0.2, 0.25) is 0 Å². The van der Waals surface area contributed by atoms with Gasteiger partial charge in [-0.15, -0.1) is 82.3 Å². The lowest BCUT2D eigenvalue weighted by Gasteiger charge is -2.06. The van der Waals surface area contributed by atoms with Gasteiger partial charge in [0.1, 0.15) is 18.5 Å². The van der Waals surface area contributed by atoms with Crippen LogP contribution in [0.25, 0.3) is 0 Å². The zero-order valence-electron chi connectivity index (χ0n) is 20.4. The molecule has 37 heavy (non-hydrogen) atoms. The van der Waals surface area contributed by atoms with Crippen molar-refractivity contribution in [3.63, 3.8) is 0 Å². The normalized spacial score (nSPS) is 11.1. The van der Waals surface area contributed by atoms with Gasteiger partial charge in [-0.3, -0.25) is 9.59 Å². The van der Waals surface area contributed by atoms with Crippen molar-refractivity contribution < 1.29 is 48.8 Å². The van der Waals surface area contributed by atoms with E-state index in [2.05, 4.69) is 0 Å². The smallest absolute Gasteiger partial charge is 0.316 e. The molecule has 0 unspecified atom stereocenters. The number of thioether (sulfide) groups is 8. The molecule has 0 fully saturated rings. The van der Waals surface area contributed by atoms with Gasteiger partial charge in [0.15, 0.2) is 0 Å². The second-order valence-electron chi connectivity index (χ2n) is 5.91. The first-order chi connectivity index (χ1) is 18.2. The third-order valence-corrected chi connectivity index (χ3v) is 10.8. The average Bonchev–Trinajstić information content (AvgIpc) is 2.89. The zero-order valence-corrected chi connectivity index (χ0v) is 27.0. The molecule has 0 radical (unpaired) electrons. The Labute approximate surface area is 253 Å². The molecule has 0 aromatic rings. The Balaban J connectivity index is 3.18. The van der Waals surface area contributed by atoms with Crippen LogP contribution in [0.4, 0.5) is 0 Å². The number of aliphatic hydroxyl groups is 2. The Morgan fingerprint density at radius 2 is 0.919 bits per heavy atom. The number of hydrogen-bond donors (Lipinski definition) is 2. The molecule has 0 aliphatic carbocycles. The van der Waals surface area contributed by atoms with Crippen molar-refractivity contribution in [1.82, 2.24) is 0 Å². The van der Waals surface area contributed by atoms with E-state index in [0.717, 1.165) is 50.0 Å². The van der Waals surface area contributed by atoms with Crippen LogP contribution in [0.15, 0.2) is 0 Å². The van der Waals surface area contributed by atoms with Gasteiger partial charge in [-0.1, -0.05) is 11.8 Å². The standard InChI is InChI=1S/C19H36O10S8/c20-11-36-13-25-19(23)10-35-17-32-7-3-27-26-2-6-31-15-30-5-1-24-18(22)9-34-16-33-8-4-28-29-14-37-12-21/h20-21H,1-17H2. The second kappa shape index (κ2) is 33.7. The number of esters is 2. The Bertz CT molecular complexity index is 513. The molecule has 0 aromatic heterocycles. The summed E-state index contributed by atoms with van der Waals surface area (Å²) >= 11 is 12.1. The van der Waals surface area contributed by atoms with E-state index in [1.165, 1.54) is 35.3 Å². The Morgan fingerprint density at radius 1 is 0.486 bits per heavy atom. The number of carbonyl (C=O) groups excluding carboxylic acids is 2. The van der Waals surface area contributed by atoms with Crippen LogP contribution < -0.4 is 0 Å². The van der Waals surface area contributed by atoms with Crippen LogP contribution in [0.5, 0.6) is 0 Å². The summed E-state index contributed by atoms with van der Waals surface area (Å²) in [5.41, 5.74) is 0. The maximum absolute atomic E-state index is 11.7. The minimum Gasteiger partial charge on any atom is -0.464 e. The third-order valence-electron chi connectivity index (χ3n) is 3.15. The number of rotatable bonds is 30. The topological polar surface area (TPSA) is 130 Å². The molecule has 0 atom stereocenters. The van der Waals surface area contributed by atoms with Crippen LogP contribution in [0.1, 0.15) is 0 Å². The summed E-state index contributed by atoms with van der Waals surface area (Å²) in [4.78, 5) is 43.1. The predicted molar refractivity (Wildman–Crippen MR) is 164 cm³/mol. The first-order valence-corrected chi connectivity index (χ1v) is 20.1. The molecule has 0 aliphatic heterocycles. The van der Waals surface area contributed by atoms with E-state index in [4.69, 9.17) is 39.2 Å². The Morgan fingerprint density at radius 3 is 1.46 bits per heavy atom. The SMILES string of the molecule is O=C(CSCSCCOOCSCO)OCCSCSCCOOCCSCSCC(=O)OCSCO. The molecule has 0 aliphatic rings. The summed E-state index contributed by atoms with van der Waals surface area (Å²) in [7, 11) is 0. The lowest BCUT2D eigenvalue weighted by atomic mass is 10.8. The summed E-state index contributed by atoms with van der Waals surface area (Å²) in [5.74, 6) is 3.73. The summed E-state index contributed by atoms with van der Waals surface area (Å²) in [6.07, 6.45) is 0. The van der Waals surface area contributed by atoms with E-state index in [9.17, 15) is 9.59 Å². The van der Waals surface area contributed by atoms with Crippen molar-refractivity contribution in [2.75, 3.05) is 100.0 Å².